The van der Waals surface area contributed by atoms with Gasteiger partial charge in [-0.3, -0.25) is 19.1 Å². The molecule has 3 heterocycles. The summed E-state index contributed by atoms with van der Waals surface area (Å²) in [5.74, 6) is 0.0494. The minimum atomic E-state index is -3.51. The molecular weight excluding hydrogens is 565 g/mol. The summed E-state index contributed by atoms with van der Waals surface area (Å²) >= 11 is 1.02. The summed E-state index contributed by atoms with van der Waals surface area (Å²) in [5.41, 5.74) is -0.323. The molecule has 234 valence electrons. The van der Waals surface area contributed by atoms with Crippen LogP contribution in [0, 0.1) is 0 Å². The third kappa shape index (κ3) is 10.6. The van der Waals surface area contributed by atoms with Gasteiger partial charge >= 0.3 is 7.67 Å². The van der Waals surface area contributed by atoms with Gasteiger partial charge in [-0.25, -0.2) is 9.34 Å². The summed E-state index contributed by atoms with van der Waals surface area (Å²) in [6.45, 7) is 18.8. The van der Waals surface area contributed by atoms with E-state index in [9.17, 15) is 9.59 Å². The SMILES string of the molecule is BC1CN(C(C)(C)C)CC(COP(=O)(N2CCN(C(=O)CSC(C)=O)CC2)N2CC(B)OC(COC(C)(C)C)C2)O1. The molecule has 3 rings (SSSR count). The molecule has 1 amide bonds. The Labute approximate surface area is 253 Å². The Hall–Kier alpha value is -0.430. The van der Waals surface area contributed by atoms with E-state index in [0.717, 1.165) is 18.3 Å². The van der Waals surface area contributed by atoms with Crippen LogP contribution in [0.25, 0.3) is 0 Å². The lowest BCUT2D eigenvalue weighted by molar-refractivity contribution is -0.130. The molecule has 41 heavy (non-hydrogen) atoms. The maximum absolute atomic E-state index is 15.0. The van der Waals surface area contributed by atoms with Crippen LogP contribution in [-0.4, -0.2) is 153 Å². The van der Waals surface area contributed by atoms with Crippen LogP contribution in [0.5, 0.6) is 0 Å². The Bertz CT molecular complexity index is 946. The quantitative estimate of drug-likeness (QED) is 0.267. The fraction of sp³-hybridized carbons (Fsp3) is 0.923. The highest BCUT2D eigenvalue weighted by molar-refractivity contribution is 8.14. The van der Waals surface area contributed by atoms with E-state index < -0.39 is 7.67 Å². The summed E-state index contributed by atoms with van der Waals surface area (Å²) in [6, 6.07) is -0.108. The number of ether oxygens (including phenoxy) is 3. The average molecular weight is 616 g/mol. The average Bonchev–Trinajstić information content (AvgIpc) is 2.87. The van der Waals surface area contributed by atoms with Gasteiger partial charge in [0.25, 0.3) is 0 Å². The first-order valence-electron chi connectivity index (χ1n) is 14.8. The van der Waals surface area contributed by atoms with E-state index in [-0.39, 0.29) is 58.7 Å². The molecule has 0 aromatic heterocycles. The largest absolute Gasteiger partial charge is 0.379 e. The molecule has 3 saturated heterocycles. The van der Waals surface area contributed by atoms with Crippen LogP contribution in [0.4, 0.5) is 0 Å². The van der Waals surface area contributed by atoms with Crippen molar-refractivity contribution >= 4 is 46.1 Å². The standard InChI is InChI=1S/C26H51B2N4O7PS/c1-19(33)41-18-24(34)29-8-10-31(11-9-29)40(35,32-13-21(39-23(28)15-32)16-36-26(5,6)7)37-17-20-12-30(25(2,3)4)14-22(27)38-20/h20-23H,8-18,27-28H2,1-7H3. The van der Waals surface area contributed by atoms with Crippen molar-refractivity contribution in [3.05, 3.63) is 0 Å². The Morgan fingerprint density at radius 2 is 1.46 bits per heavy atom. The number of morpholine rings is 2. The van der Waals surface area contributed by atoms with E-state index in [1.54, 1.807) is 4.90 Å². The Balaban J connectivity index is 1.76. The predicted octanol–water partition coefficient (Wildman–Crippen LogP) is 0.469. The first-order valence-corrected chi connectivity index (χ1v) is 17.3. The number of carbonyl (C=O) groups excluding carboxylic acids is 2. The van der Waals surface area contributed by atoms with Crippen molar-refractivity contribution in [1.82, 2.24) is 19.1 Å². The van der Waals surface area contributed by atoms with E-state index in [1.165, 1.54) is 6.92 Å². The molecule has 3 aliphatic rings. The van der Waals surface area contributed by atoms with Crippen molar-refractivity contribution in [2.24, 2.45) is 0 Å². The van der Waals surface area contributed by atoms with Crippen molar-refractivity contribution in [1.29, 1.82) is 0 Å². The molecule has 0 aromatic carbocycles. The van der Waals surface area contributed by atoms with Crippen LogP contribution >= 0.6 is 19.4 Å². The molecule has 15 heteroatoms. The predicted molar refractivity (Wildman–Crippen MR) is 168 cm³/mol. The molecule has 3 aliphatic heterocycles. The zero-order valence-corrected chi connectivity index (χ0v) is 28.3. The van der Waals surface area contributed by atoms with Gasteiger partial charge in [0, 0.05) is 76.8 Å². The number of piperazine rings is 1. The molecule has 0 saturated carbocycles. The van der Waals surface area contributed by atoms with E-state index >= 15 is 4.57 Å². The van der Waals surface area contributed by atoms with Crippen LogP contribution in [-0.2, 0) is 32.9 Å². The third-order valence-corrected chi connectivity index (χ3v) is 10.9. The van der Waals surface area contributed by atoms with Gasteiger partial charge in [0.05, 0.1) is 36.8 Å². The monoisotopic (exact) mass is 616 g/mol. The number of nitrogens with zero attached hydrogens (tertiary/aromatic N) is 4. The molecule has 0 N–H and O–H groups in total. The van der Waals surface area contributed by atoms with Crippen molar-refractivity contribution in [3.8, 4) is 0 Å². The molecule has 3 fully saturated rings. The minimum absolute atomic E-state index is 0.0105. The number of rotatable bonds is 9. The van der Waals surface area contributed by atoms with Gasteiger partial charge in [0.15, 0.2) is 5.12 Å². The number of carbonyl (C=O) groups is 2. The number of thioether (sulfide) groups is 1. The zero-order chi connectivity index (χ0) is 30.6. The highest BCUT2D eigenvalue weighted by Crippen LogP contribution is 2.55. The Morgan fingerprint density at radius 3 is 2.02 bits per heavy atom. The summed E-state index contributed by atoms with van der Waals surface area (Å²) in [7, 11) is 0.539. The molecule has 0 radical (unpaired) electrons. The summed E-state index contributed by atoms with van der Waals surface area (Å²) in [4.78, 5) is 28.1. The first-order chi connectivity index (χ1) is 19.0. The minimum Gasteiger partial charge on any atom is -0.379 e. The van der Waals surface area contributed by atoms with E-state index in [0.29, 0.717) is 52.4 Å². The summed E-state index contributed by atoms with van der Waals surface area (Å²) in [6.07, 6.45) is -0.458. The fourth-order valence-corrected chi connectivity index (χ4v) is 8.39. The lowest BCUT2D eigenvalue weighted by Crippen LogP contribution is -2.56. The van der Waals surface area contributed by atoms with Crippen LogP contribution in [0.15, 0.2) is 0 Å². The molecule has 5 unspecified atom stereocenters. The summed E-state index contributed by atoms with van der Waals surface area (Å²) < 4.78 is 43.8. The Kier molecular flexibility index (Phi) is 12.5. The van der Waals surface area contributed by atoms with Gasteiger partial charge in [-0.1, -0.05) is 11.8 Å². The van der Waals surface area contributed by atoms with E-state index in [4.69, 9.17) is 18.7 Å². The van der Waals surface area contributed by atoms with Crippen LogP contribution < -0.4 is 0 Å². The number of hydrogen-bond donors (Lipinski definition) is 0. The molecule has 0 spiro atoms. The normalized spacial score (nSPS) is 29.3. The van der Waals surface area contributed by atoms with Crippen molar-refractivity contribution < 1.29 is 32.9 Å². The van der Waals surface area contributed by atoms with Gasteiger partial charge in [-0.2, -0.15) is 0 Å². The lowest BCUT2D eigenvalue weighted by Gasteiger charge is -2.47. The van der Waals surface area contributed by atoms with Gasteiger partial charge < -0.3 is 23.6 Å². The molecule has 5 atom stereocenters. The maximum Gasteiger partial charge on any atom is 0.346 e. The van der Waals surface area contributed by atoms with Gasteiger partial charge in [-0.15, -0.1) is 0 Å². The molecule has 0 aliphatic carbocycles. The van der Waals surface area contributed by atoms with Crippen molar-refractivity contribution in [3.63, 3.8) is 0 Å². The molecule has 0 aromatic rings. The van der Waals surface area contributed by atoms with Gasteiger partial charge in [-0.05, 0) is 41.5 Å². The lowest BCUT2D eigenvalue weighted by atomic mass is 9.94. The van der Waals surface area contributed by atoms with Crippen LogP contribution in [0.2, 0.25) is 0 Å². The number of hydrogen-bond acceptors (Lipinski definition) is 9. The maximum atomic E-state index is 15.0. The topological polar surface area (TPSA) is 101 Å². The smallest absolute Gasteiger partial charge is 0.346 e. The van der Waals surface area contributed by atoms with Crippen molar-refractivity contribution in [2.45, 2.75) is 83.8 Å². The van der Waals surface area contributed by atoms with E-state index in [2.05, 4.69) is 33.5 Å². The highest BCUT2D eigenvalue weighted by Gasteiger charge is 2.45. The second-order valence-corrected chi connectivity index (χ2v) is 16.9. The number of amides is 1. The molecule has 11 nitrogen and oxygen atoms in total. The van der Waals surface area contributed by atoms with Crippen molar-refractivity contribution in [2.75, 3.05) is 71.3 Å². The first kappa shape index (κ1) is 35.1. The van der Waals surface area contributed by atoms with Gasteiger partial charge in [0.2, 0.25) is 5.91 Å². The second kappa shape index (κ2) is 14.6. The molecular formula is C26H51B2N4O7PS. The molecule has 0 bridgehead atoms. The second-order valence-electron chi connectivity index (χ2n) is 13.4. The van der Waals surface area contributed by atoms with E-state index in [1.807, 2.05) is 38.0 Å². The third-order valence-electron chi connectivity index (χ3n) is 7.44. The van der Waals surface area contributed by atoms with Gasteiger partial charge in [0.1, 0.15) is 15.7 Å². The Morgan fingerprint density at radius 1 is 0.878 bits per heavy atom. The highest BCUT2D eigenvalue weighted by atomic mass is 32.2. The zero-order valence-electron chi connectivity index (χ0n) is 26.6. The van der Waals surface area contributed by atoms with Crippen LogP contribution in [0.3, 0.4) is 0 Å². The fourth-order valence-electron chi connectivity index (χ4n) is 5.32. The summed E-state index contributed by atoms with van der Waals surface area (Å²) in [5, 5.41) is -0.0782. The van der Waals surface area contributed by atoms with Crippen LogP contribution in [0.1, 0.15) is 48.5 Å².